The fourth-order valence-corrected chi connectivity index (χ4v) is 2.88. The monoisotopic (exact) mass is 334 g/mol. The molecule has 0 radical (unpaired) electrons. The van der Waals surface area contributed by atoms with E-state index in [4.69, 9.17) is 0 Å². The second-order valence-electron chi connectivity index (χ2n) is 5.80. The van der Waals surface area contributed by atoms with Gasteiger partial charge >= 0.3 is 0 Å². The SMILES string of the molecule is Cn1cc(/C=C2\C(=O)NN=C2Nc2ccc(F)cc2)c2ccccc21. The van der Waals surface area contributed by atoms with Crippen molar-refractivity contribution in [1.82, 2.24) is 9.99 Å². The van der Waals surface area contributed by atoms with E-state index in [-0.39, 0.29) is 11.7 Å². The Morgan fingerprint density at radius 3 is 2.72 bits per heavy atom. The second kappa shape index (κ2) is 5.90. The highest BCUT2D eigenvalue weighted by atomic mass is 19.1. The molecule has 0 saturated heterocycles. The van der Waals surface area contributed by atoms with Crippen LogP contribution in [0.2, 0.25) is 0 Å². The van der Waals surface area contributed by atoms with Gasteiger partial charge in [-0.3, -0.25) is 4.79 Å². The van der Waals surface area contributed by atoms with E-state index in [0.717, 1.165) is 16.5 Å². The van der Waals surface area contributed by atoms with Crippen molar-refractivity contribution in [1.29, 1.82) is 0 Å². The van der Waals surface area contributed by atoms with Crippen LogP contribution in [0.4, 0.5) is 10.1 Å². The third-order valence-corrected chi connectivity index (χ3v) is 4.10. The van der Waals surface area contributed by atoms with Gasteiger partial charge in [-0.2, -0.15) is 5.10 Å². The molecule has 0 fully saturated rings. The van der Waals surface area contributed by atoms with Gasteiger partial charge in [0.1, 0.15) is 5.82 Å². The van der Waals surface area contributed by atoms with Crippen molar-refractivity contribution in [3.05, 3.63) is 71.7 Å². The van der Waals surface area contributed by atoms with E-state index in [0.29, 0.717) is 17.1 Å². The van der Waals surface area contributed by atoms with Gasteiger partial charge in [0.05, 0.1) is 5.57 Å². The molecule has 0 aliphatic carbocycles. The quantitative estimate of drug-likeness (QED) is 0.707. The molecule has 25 heavy (non-hydrogen) atoms. The molecule has 5 nitrogen and oxygen atoms in total. The predicted molar refractivity (Wildman–Crippen MR) is 96.5 cm³/mol. The molecule has 1 aliphatic heterocycles. The maximum Gasteiger partial charge on any atom is 0.275 e. The number of amidine groups is 1. The Bertz CT molecular complexity index is 1030. The summed E-state index contributed by atoms with van der Waals surface area (Å²) in [6.45, 7) is 0. The number of hydrazone groups is 1. The average molecular weight is 334 g/mol. The van der Waals surface area contributed by atoms with E-state index < -0.39 is 0 Å². The molecule has 1 aliphatic rings. The van der Waals surface area contributed by atoms with Gasteiger partial charge in [-0.1, -0.05) is 18.2 Å². The largest absolute Gasteiger partial charge is 0.350 e. The van der Waals surface area contributed by atoms with E-state index in [2.05, 4.69) is 15.8 Å². The number of aromatic nitrogens is 1. The molecule has 2 N–H and O–H groups in total. The molecule has 2 heterocycles. The van der Waals surface area contributed by atoms with Gasteiger partial charge < -0.3 is 9.88 Å². The van der Waals surface area contributed by atoms with Gasteiger partial charge in [0.2, 0.25) is 0 Å². The number of nitrogens with zero attached hydrogens (tertiary/aromatic N) is 2. The summed E-state index contributed by atoms with van der Waals surface area (Å²) in [5.74, 6) is -0.193. The van der Waals surface area contributed by atoms with Crippen LogP contribution in [0, 0.1) is 5.82 Å². The smallest absolute Gasteiger partial charge is 0.275 e. The first kappa shape index (κ1) is 15.1. The predicted octanol–water partition coefficient (Wildman–Crippen LogP) is 3.26. The lowest BCUT2D eigenvalue weighted by Gasteiger charge is -2.05. The summed E-state index contributed by atoms with van der Waals surface area (Å²) < 4.78 is 15.1. The molecule has 6 heteroatoms. The number of carbonyl (C=O) groups excluding carboxylic acids is 1. The summed E-state index contributed by atoms with van der Waals surface area (Å²) in [6, 6.07) is 13.9. The van der Waals surface area contributed by atoms with Gasteiger partial charge in [0.15, 0.2) is 5.84 Å². The number of amides is 1. The van der Waals surface area contributed by atoms with E-state index >= 15 is 0 Å². The van der Waals surface area contributed by atoms with Gasteiger partial charge in [-0.15, -0.1) is 0 Å². The number of hydrogen-bond acceptors (Lipinski definition) is 3. The first-order valence-corrected chi connectivity index (χ1v) is 7.78. The molecule has 3 aromatic rings. The number of anilines is 1. The van der Waals surface area contributed by atoms with Crippen LogP contribution in [0.3, 0.4) is 0 Å². The maximum absolute atomic E-state index is 13.0. The molecule has 0 atom stereocenters. The van der Waals surface area contributed by atoms with Gasteiger partial charge in [0.25, 0.3) is 5.91 Å². The molecule has 0 bridgehead atoms. The summed E-state index contributed by atoms with van der Waals surface area (Å²) in [6.07, 6.45) is 3.78. The first-order valence-electron chi connectivity index (χ1n) is 7.78. The van der Waals surface area contributed by atoms with Crippen molar-refractivity contribution in [3.8, 4) is 0 Å². The van der Waals surface area contributed by atoms with E-state index in [1.54, 1.807) is 18.2 Å². The number of hydrogen-bond donors (Lipinski definition) is 2. The molecule has 0 spiro atoms. The zero-order valence-corrected chi connectivity index (χ0v) is 13.5. The molecular weight excluding hydrogens is 319 g/mol. The summed E-state index contributed by atoms with van der Waals surface area (Å²) in [7, 11) is 1.96. The Balaban J connectivity index is 1.71. The normalized spacial score (nSPS) is 15.5. The minimum atomic E-state index is -0.320. The maximum atomic E-state index is 13.0. The minimum Gasteiger partial charge on any atom is -0.350 e. The topological polar surface area (TPSA) is 58.4 Å². The highest BCUT2D eigenvalue weighted by Gasteiger charge is 2.23. The van der Waals surface area contributed by atoms with Crippen molar-refractivity contribution in [2.75, 3.05) is 5.32 Å². The van der Waals surface area contributed by atoms with Crippen molar-refractivity contribution in [2.24, 2.45) is 12.1 Å². The Morgan fingerprint density at radius 2 is 1.92 bits per heavy atom. The summed E-state index contributed by atoms with van der Waals surface area (Å²) >= 11 is 0. The van der Waals surface area contributed by atoms with Crippen LogP contribution in [-0.4, -0.2) is 16.3 Å². The van der Waals surface area contributed by atoms with Crippen LogP contribution in [-0.2, 0) is 11.8 Å². The number of nitrogens with one attached hydrogen (secondary N) is 2. The molecule has 2 aromatic carbocycles. The van der Waals surface area contributed by atoms with Crippen molar-refractivity contribution < 1.29 is 9.18 Å². The second-order valence-corrected chi connectivity index (χ2v) is 5.80. The Kier molecular flexibility index (Phi) is 3.57. The van der Waals surface area contributed by atoms with Crippen LogP contribution in [0.5, 0.6) is 0 Å². The highest BCUT2D eigenvalue weighted by Crippen LogP contribution is 2.24. The third-order valence-electron chi connectivity index (χ3n) is 4.10. The highest BCUT2D eigenvalue weighted by molar-refractivity contribution is 6.30. The molecule has 1 aromatic heterocycles. The third kappa shape index (κ3) is 2.78. The molecular formula is C19H15FN4O. The van der Waals surface area contributed by atoms with Crippen LogP contribution in [0.1, 0.15) is 5.56 Å². The summed E-state index contributed by atoms with van der Waals surface area (Å²) in [5.41, 5.74) is 5.56. The van der Waals surface area contributed by atoms with Gasteiger partial charge in [-0.05, 0) is 36.4 Å². The van der Waals surface area contributed by atoms with Crippen molar-refractivity contribution in [3.63, 3.8) is 0 Å². The van der Waals surface area contributed by atoms with E-state index in [1.165, 1.54) is 12.1 Å². The van der Waals surface area contributed by atoms with Gasteiger partial charge in [-0.25, -0.2) is 9.82 Å². The number of benzene rings is 2. The van der Waals surface area contributed by atoms with Crippen molar-refractivity contribution in [2.45, 2.75) is 0 Å². The average Bonchev–Trinajstić information content (AvgIpc) is 3.12. The van der Waals surface area contributed by atoms with Gasteiger partial charge in [0, 0.05) is 35.4 Å². The Hall–Kier alpha value is -3.41. The zero-order valence-electron chi connectivity index (χ0n) is 13.5. The fourth-order valence-electron chi connectivity index (χ4n) is 2.88. The molecule has 0 saturated carbocycles. The number of halogens is 1. The van der Waals surface area contributed by atoms with Crippen molar-refractivity contribution >= 4 is 34.4 Å². The summed E-state index contributed by atoms with van der Waals surface area (Å²) in [4.78, 5) is 12.2. The van der Waals surface area contributed by atoms with E-state index in [9.17, 15) is 9.18 Å². The van der Waals surface area contributed by atoms with Crippen LogP contribution >= 0.6 is 0 Å². The fraction of sp³-hybridized carbons (Fsp3) is 0.0526. The lowest BCUT2D eigenvalue weighted by atomic mass is 10.1. The Morgan fingerprint density at radius 1 is 1.16 bits per heavy atom. The number of fused-ring (bicyclic) bond motifs is 1. The lowest BCUT2D eigenvalue weighted by Crippen LogP contribution is -2.17. The molecule has 124 valence electrons. The number of carbonyl (C=O) groups is 1. The zero-order chi connectivity index (χ0) is 17.4. The van der Waals surface area contributed by atoms with Crippen LogP contribution in [0.25, 0.3) is 17.0 Å². The molecule has 0 unspecified atom stereocenters. The molecule has 4 rings (SSSR count). The van der Waals surface area contributed by atoms with E-state index in [1.807, 2.05) is 42.1 Å². The molecule has 1 amide bonds. The number of para-hydroxylation sites is 1. The lowest BCUT2D eigenvalue weighted by molar-refractivity contribution is -0.116. The van der Waals surface area contributed by atoms with Crippen LogP contribution in [0.15, 0.2) is 65.4 Å². The summed E-state index contributed by atoms with van der Waals surface area (Å²) in [5, 5.41) is 8.14. The Labute approximate surface area is 143 Å². The minimum absolute atomic E-state index is 0.280. The van der Waals surface area contributed by atoms with Crippen LogP contribution < -0.4 is 10.7 Å². The number of rotatable bonds is 2. The standard InChI is InChI=1S/C19H15FN4O/c1-24-11-12(15-4-2-3-5-17(15)24)10-16-18(22-23-19(16)25)21-14-8-6-13(20)7-9-14/h2-11H,1H3,(H,21,22)(H,23,25)/b16-10-. The number of aryl methyl sites for hydroxylation is 1. The first-order chi connectivity index (χ1) is 12.1.